The summed E-state index contributed by atoms with van der Waals surface area (Å²) in [6, 6.07) is 12.2. The molecule has 0 radical (unpaired) electrons. The summed E-state index contributed by atoms with van der Waals surface area (Å²) in [5.41, 5.74) is 1.25. The zero-order valence-electron chi connectivity index (χ0n) is 17.1. The van der Waals surface area contributed by atoms with E-state index < -0.39 is 5.92 Å². The number of hydrogen-bond acceptors (Lipinski definition) is 6. The lowest BCUT2D eigenvalue weighted by Gasteiger charge is -2.19. The number of nitrogens with one attached hydrogen (secondary N) is 2. The molecule has 31 heavy (non-hydrogen) atoms. The summed E-state index contributed by atoms with van der Waals surface area (Å²) >= 11 is 0. The van der Waals surface area contributed by atoms with E-state index in [1.54, 1.807) is 54.5 Å². The van der Waals surface area contributed by atoms with E-state index >= 15 is 0 Å². The normalized spacial score (nSPS) is 17.3. The van der Waals surface area contributed by atoms with Crippen LogP contribution in [-0.2, 0) is 14.4 Å². The van der Waals surface area contributed by atoms with Crippen molar-refractivity contribution in [2.24, 2.45) is 5.92 Å². The van der Waals surface area contributed by atoms with Crippen molar-refractivity contribution in [3.8, 4) is 17.2 Å². The maximum atomic E-state index is 12.5. The van der Waals surface area contributed by atoms with Crippen LogP contribution in [-0.4, -0.2) is 51.1 Å². The molecular weight excluding hydrogens is 402 g/mol. The van der Waals surface area contributed by atoms with Crippen molar-refractivity contribution in [2.75, 3.05) is 43.6 Å². The summed E-state index contributed by atoms with van der Waals surface area (Å²) in [6.07, 6.45) is 0.0989. The molecule has 2 aliphatic rings. The Morgan fingerprint density at radius 2 is 1.84 bits per heavy atom. The largest absolute Gasteiger partial charge is 0.497 e. The topological polar surface area (TPSA) is 106 Å². The van der Waals surface area contributed by atoms with Gasteiger partial charge in [-0.2, -0.15) is 0 Å². The van der Waals surface area contributed by atoms with Crippen LogP contribution in [0.1, 0.15) is 6.42 Å². The van der Waals surface area contributed by atoms with Gasteiger partial charge in [0, 0.05) is 30.4 Å². The van der Waals surface area contributed by atoms with Crippen LogP contribution in [0.15, 0.2) is 42.5 Å². The molecule has 2 aliphatic heterocycles. The highest BCUT2D eigenvalue weighted by Crippen LogP contribution is 2.32. The fourth-order valence-electron chi connectivity index (χ4n) is 3.53. The van der Waals surface area contributed by atoms with Crippen molar-refractivity contribution >= 4 is 29.1 Å². The number of carbonyl (C=O) groups excluding carboxylic acids is 3. The second-order valence-electron chi connectivity index (χ2n) is 7.23. The fraction of sp³-hybridized carbons (Fsp3) is 0.318. The second kappa shape index (κ2) is 8.95. The van der Waals surface area contributed by atoms with Crippen molar-refractivity contribution in [1.82, 2.24) is 5.32 Å². The Morgan fingerprint density at radius 1 is 1.10 bits per heavy atom. The Bertz CT molecular complexity index is 991. The van der Waals surface area contributed by atoms with E-state index in [-0.39, 0.29) is 37.2 Å². The van der Waals surface area contributed by atoms with Crippen molar-refractivity contribution in [3.63, 3.8) is 0 Å². The van der Waals surface area contributed by atoms with E-state index in [0.717, 1.165) is 0 Å². The van der Waals surface area contributed by atoms with Crippen LogP contribution < -0.4 is 29.7 Å². The monoisotopic (exact) mass is 425 g/mol. The van der Waals surface area contributed by atoms with Gasteiger partial charge in [-0.25, -0.2) is 0 Å². The Hall–Kier alpha value is -3.75. The van der Waals surface area contributed by atoms with Crippen molar-refractivity contribution in [2.45, 2.75) is 6.42 Å². The molecule has 0 aromatic heterocycles. The molecule has 2 heterocycles. The molecule has 9 heteroatoms. The SMILES string of the molecule is COc1ccc(N2C[C@H](C(=O)NCC(=O)Nc3ccc4c(c3)OCCO4)CC2=O)cc1. The highest BCUT2D eigenvalue weighted by molar-refractivity contribution is 6.01. The minimum absolute atomic E-state index is 0.0989. The minimum Gasteiger partial charge on any atom is -0.497 e. The number of rotatable bonds is 6. The predicted molar refractivity (Wildman–Crippen MR) is 113 cm³/mol. The molecule has 4 rings (SSSR count). The minimum atomic E-state index is -0.517. The highest BCUT2D eigenvalue weighted by atomic mass is 16.6. The molecule has 2 aromatic rings. The Labute approximate surface area is 179 Å². The van der Waals surface area contributed by atoms with Crippen LogP contribution >= 0.6 is 0 Å². The summed E-state index contributed by atoms with van der Waals surface area (Å²) < 4.78 is 16.1. The van der Waals surface area contributed by atoms with Crippen LogP contribution in [0.4, 0.5) is 11.4 Å². The van der Waals surface area contributed by atoms with Gasteiger partial charge in [0.25, 0.3) is 0 Å². The molecule has 3 amide bonds. The molecule has 0 aliphatic carbocycles. The lowest BCUT2D eigenvalue weighted by atomic mass is 10.1. The van der Waals surface area contributed by atoms with Gasteiger partial charge in [0.05, 0.1) is 19.6 Å². The van der Waals surface area contributed by atoms with Crippen molar-refractivity contribution < 1.29 is 28.6 Å². The van der Waals surface area contributed by atoms with E-state index in [4.69, 9.17) is 14.2 Å². The zero-order chi connectivity index (χ0) is 21.8. The number of fused-ring (bicyclic) bond motifs is 1. The van der Waals surface area contributed by atoms with E-state index in [2.05, 4.69) is 10.6 Å². The lowest BCUT2D eigenvalue weighted by molar-refractivity contribution is -0.127. The van der Waals surface area contributed by atoms with Gasteiger partial charge in [-0.3, -0.25) is 14.4 Å². The maximum Gasteiger partial charge on any atom is 0.243 e. The van der Waals surface area contributed by atoms with Gasteiger partial charge in [-0.15, -0.1) is 0 Å². The van der Waals surface area contributed by atoms with Crippen LogP contribution in [0, 0.1) is 5.92 Å². The number of carbonyl (C=O) groups is 3. The van der Waals surface area contributed by atoms with Gasteiger partial charge in [-0.05, 0) is 36.4 Å². The van der Waals surface area contributed by atoms with Crippen LogP contribution in [0.2, 0.25) is 0 Å². The molecule has 1 atom stereocenters. The second-order valence-corrected chi connectivity index (χ2v) is 7.23. The van der Waals surface area contributed by atoms with Gasteiger partial charge in [-0.1, -0.05) is 0 Å². The molecule has 0 bridgehead atoms. The average Bonchev–Trinajstić information content (AvgIpc) is 3.19. The van der Waals surface area contributed by atoms with E-state index in [9.17, 15) is 14.4 Å². The van der Waals surface area contributed by atoms with Gasteiger partial charge in [0.1, 0.15) is 19.0 Å². The van der Waals surface area contributed by atoms with E-state index in [1.165, 1.54) is 0 Å². The lowest BCUT2D eigenvalue weighted by Crippen LogP contribution is -2.37. The van der Waals surface area contributed by atoms with Gasteiger partial charge < -0.3 is 29.7 Å². The van der Waals surface area contributed by atoms with Gasteiger partial charge in [0.15, 0.2) is 11.5 Å². The number of ether oxygens (including phenoxy) is 3. The Balaban J connectivity index is 1.28. The van der Waals surface area contributed by atoms with Gasteiger partial charge in [0.2, 0.25) is 17.7 Å². The standard InChI is InChI=1S/C22H23N3O6/c1-29-17-5-3-16(4-6-17)25-13-14(10-21(25)27)22(28)23-12-20(26)24-15-2-7-18-19(11-15)31-9-8-30-18/h2-7,11,14H,8-10,12-13H2,1H3,(H,23,28)(H,24,26)/t14-/m1/s1. The highest BCUT2D eigenvalue weighted by Gasteiger charge is 2.35. The third-order valence-electron chi connectivity index (χ3n) is 5.13. The summed E-state index contributed by atoms with van der Waals surface area (Å²) in [5, 5.41) is 5.33. The average molecular weight is 425 g/mol. The third-order valence-corrected chi connectivity index (χ3v) is 5.13. The molecular formula is C22H23N3O6. The first-order chi connectivity index (χ1) is 15.0. The first-order valence-corrected chi connectivity index (χ1v) is 9.95. The van der Waals surface area contributed by atoms with E-state index in [0.29, 0.717) is 41.8 Å². The van der Waals surface area contributed by atoms with Crippen molar-refractivity contribution in [1.29, 1.82) is 0 Å². The van der Waals surface area contributed by atoms with Crippen LogP contribution in [0.5, 0.6) is 17.2 Å². The number of amides is 3. The number of hydrogen-bond donors (Lipinski definition) is 2. The molecule has 9 nitrogen and oxygen atoms in total. The molecule has 2 N–H and O–H groups in total. The van der Waals surface area contributed by atoms with Gasteiger partial charge >= 0.3 is 0 Å². The third kappa shape index (κ3) is 4.71. The number of methoxy groups -OCH3 is 1. The first-order valence-electron chi connectivity index (χ1n) is 9.95. The van der Waals surface area contributed by atoms with Crippen LogP contribution in [0.3, 0.4) is 0 Å². The number of anilines is 2. The van der Waals surface area contributed by atoms with Crippen molar-refractivity contribution in [3.05, 3.63) is 42.5 Å². The number of nitrogens with zero attached hydrogens (tertiary/aromatic N) is 1. The summed E-state index contributed by atoms with van der Waals surface area (Å²) in [7, 11) is 1.57. The predicted octanol–water partition coefficient (Wildman–Crippen LogP) is 1.57. The van der Waals surface area contributed by atoms with Crippen LogP contribution in [0.25, 0.3) is 0 Å². The fourth-order valence-corrected chi connectivity index (χ4v) is 3.53. The summed E-state index contributed by atoms with van der Waals surface area (Å²) in [5.74, 6) is 0.528. The number of benzene rings is 2. The summed E-state index contributed by atoms with van der Waals surface area (Å²) in [4.78, 5) is 38.6. The Kier molecular flexibility index (Phi) is 5.92. The first kappa shape index (κ1) is 20.5. The quantitative estimate of drug-likeness (QED) is 0.728. The molecule has 0 unspecified atom stereocenters. The molecule has 162 valence electrons. The maximum absolute atomic E-state index is 12.5. The molecule has 1 saturated heterocycles. The molecule has 1 fully saturated rings. The zero-order valence-corrected chi connectivity index (χ0v) is 17.1. The molecule has 2 aromatic carbocycles. The molecule has 0 saturated carbocycles. The smallest absolute Gasteiger partial charge is 0.243 e. The van der Waals surface area contributed by atoms with E-state index in [1.807, 2.05) is 0 Å². The summed E-state index contributed by atoms with van der Waals surface area (Å²) in [6.45, 7) is 1.01. The molecule has 0 spiro atoms. The Morgan fingerprint density at radius 3 is 2.58 bits per heavy atom.